The minimum Gasteiger partial charge on any atom is -0.324 e. The highest BCUT2D eigenvalue weighted by Gasteiger charge is 2.38. The Morgan fingerprint density at radius 3 is 2.59 bits per heavy atom. The zero-order chi connectivity index (χ0) is 22.5. The number of anilines is 1. The summed E-state index contributed by atoms with van der Waals surface area (Å²) in [7, 11) is 0. The van der Waals surface area contributed by atoms with E-state index in [0.717, 1.165) is 39.7 Å². The van der Waals surface area contributed by atoms with Crippen LogP contribution in [0.25, 0.3) is 20.8 Å². The van der Waals surface area contributed by atoms with Gasteiger partial charge in [0.1, 0.15) is 11.6 Å². The van der Waals surface area contributed by atoms with Crippen molar-refractivity contribution in [2.75, 3.05) is 5.32 Å². The fourth-order valence-corrected chi connectivity index (χ4v) is 4.66. The van der Waals surface area contributed by atoms with Gasteiger partial charge in [-0.25, -0.2) is 4.98 Å². The minimum atomic E-state index is -4.53. The smallest absolute Gasteiger partial charge is 0.324 e. The molecular weight excluding hydrogens is 437 g/mol. The molecule has 0 spiro atoms. The van der Waals surface area contributed by atoms with Crippen molar-refractivity contribution in [1.82, 2.24) is 14.8 Å². The summed E-state index contributed by atoms with van der Waals surface area (Å²) in [4.78, 5) is 17.1. The van der Waals surface area contributed by atoms with Gasteiger partial charge in [-0.05, 0) is 67.8 Å². The molecule has 1 amide bonds. The summed E-state index contributed by atoms with van der Waals surface area (Å²) in [5, 5.41) is 7.25. The molecule has 2 aromatic carbocycles. The van der Waals surface area contributed by atoms with Crippen LogP contribution in [0, 0.1) is 6.92 Å². The van der Waals surface area contributed by atoms with E-state index in [9.17, 15) is 18.0 Å². The first-order chi connectivity index (χ1) is 15.3. The lowest BCUT2D eigenvalue weighted by molar-refractivity contribution is -0.141. The van der Waals surface area contributed by atoms with Gasteiger partial charge in [0, 0.05) is 22.9 Å². The van der Waals surface area contributed by atoms with E-state index in [0.29, 0.717) is 11.4 Å². The van der Waals surface area contributed by atoms with Gasteiger partial charge in [-0.2, -0.15) is 18.3 Å². The van der Waals surface area contributed by atoms with E-state index in [1.54, 1.807) is 23.5 Å². The maximum atomic E-state index is 13.0. The Morgan fingerprint density at radius 2 is 1.91 bits per heavy atom. The molecule has 0 unspecified atom stereocenters. The molecule has 4 aromatic rings. The van der Waals surface area contributed by atoms with Gasteiger partial charge in [0.05, 0.1) is 10.2 Å². The third kappa shape index (κ3) is 4.25. The third-order valence-electron chi connectivity index (χ3n) is 5.35. The van der Waals surface area contributed by atoms with E-state index >= 15 is 0 Å². The van der Waals surface area contributed by atoms with Gasteiger partial charge < -0.3 is 5.32 Å². The zero-order valence-corrected chi connectivity index (χ0v) is 17.9. The quantitative estimate of drug-likeness (QED) is 0.401. The number of halogens is 3. The average molecular weight is 456 g/mol. The number of nitrogens with zero attached hydrogens (tertiary/aromatic N) is 3. The van der Waals surface area contributed by atoms with Crippen molar-refractivity contribution in [1.29, 1.82) is 0 Å². The lowest BCUT2D eigenvalue weighted by Crippen LogP contribution is -2.21. The molecule has 1 aliphatic carbocycles. The van der Waals surface area contributed by atoms with Crippen LogP contribution in [0.15, 0.2) is 48.5 Å². The second kappa shape index (κ2) is 7.74. The summed E-state index contributed by atoms with van der Waals surface area (Å²) in [5.41, 5.74) is 3.12. The van der Waals surface area contributed by atoms with Crippen LogP contribution >= 0.6 is 11.3 Å². The summed E-state index contributed by atoms with van der Waals surface area (Å²) in [6.45, 7) is 1.78. The number of nitrogens with one attached hydrogen (secondary N) is 1. The Bertz CT molecular complexity index is 1300. The Kier molecular flexibility index (Phi) is 5.00. The van der Waals surface area contributed by atoms with Gasteiger partial charge in [0.25, 0.3) is 0 Å². The topological polar surface area (TPSA) is 59.8 Å². The van der Waals surface area contributed by atoms with Crippen LogP contribution in [0.1, 0.15) is 35.7 Å². The molecule has 0 aliphatic heterocycles. The Hall–Kier alpha value is -3.20. The summed E-state index contributed by atoms with van der Waals surface area (Å²) in [6, 6.07) is 14.4. The van der Waals surface area contributed by atoms with E-state index < -0.39 is 17.8 Å². The van der Waals surface area contributed by atoms with Crippen LogP contribution in [0.2, 0.25) is 0 Å². The molecule has 0 bridgehead atoms. The number of rotatable bonds is 5. The number of carbonyl (C=O) groups is 1. The maximum Gasteiger partial charge on any atom is 0.435 e. The highest BCUT2D eigenvalue weighted by Crippen LogP contribution is 2.42. The van der Waals surface area contributed by atoms with E-state index in [-0.39, 0.29) is 12.5 Å². The van der Waals surface area contributed by atoms with Crippen LogP contribution < -0.4 is 5.32 Å². The molecule has 5 rings (SSSR count). The van der Waals surface area contributed by atoms with Crippen LogP contribution in [-0.2, 0) is 17.5 Å². The molecule has 0 saturated heterocycles. The number of carbonyl (C=O) groups excluding carboxylic acids is 1. The summed E-state index contributed by atoms with van der Waals surface area (Å²) in [6.07, 6.45) is -2.89. The molecule has 2 aromatic heterocycles. The molecular formula is C23H19F3N4OS. The number of thiazole rings is 1. The largest absolute Gasteiger partial charge is 0.435 e. The molecule has 2 heterocycles. The molecule has 5 nitrogen and oxygen atoms in total. The minimum absolute atomic E-state index is 0.0447. The molecule has 1 aliphatic rings. The maximum absolute atomic E-state index is 13.0. The molecule has 1 saturated carbocycles. The average Bonchev–Trinajstić information content (AvgIpc) is 3.34. The van der Waals surface area contributed by atoms with E-state index in [1.165, 1.54) is 10.2 Å². The number of fused-ring (bicyclic) bond motifs is 1. The SMILES string of the molecule is Cc1ccc2nc(-c3ccc(NC(=O)Cn4nc(C(F)(F)F)cc4C4CC4)cc3)sc2c1. The predicted molar refractivity (Wildman–Crippen MR) is 118 cm³/mol. The van der Waals surface area contributed by atoms with Gasteiger partial charge in [-0.15, -0.1) is 11.3 Å². The molecule has 0 atom stereocenters. The van der Waals surface area contributed by atoms with E-state index in [1.807, 2.05) is 31.2 Å². The van der Waals surface area contributed by atoms with Gasteiger partial charge in [-0.3, -0.25) is 9.48 Å². The molecule has 1 fully saturated rings. The third-order valence-corrected chi connectivity index (χ3v) is 6.42. The van der Waals surface area contributed by atoms with Gasteiger partial charge in [-0.1, -0.05) is 6.07 Å². The second-order valence-corrected chi connectivity index (χ2v) is 9.03. The van der Waals surface area contributed by atoms with Crippen LogP contribution in [0.5, 0.6) is 0 Å². The first-order valence-electron chi connectivity index (χ1n) is 10.2. The Morgan fingerprint density at radius 1 is 1.16 bits per heavy atom. The summed E-state index contributed by atoms with van der Waals surface area (Å²) in [5.74, 6) is -0.379. The normalized spacial score (nSPS) is 14.1. The van der Waals surface area contributed by atoms with Crippen molar-refractivity contribution in [2.45, 2.75) is 38.4 Å². The van der Waals surface area contributed by atoms with Crippen molar-refractivity contribution in [3.05, 3.63) is 65.5 Å². The molecule has 164 valence electrons. The molecule has 32 heavy (non-hydrogen) atoms. The van der Waals surface area contributed by atoms with Crippen LogP contribution in [-0.4, -0.2) is 20.7 Å². The number of hydrogen-bond acceptors (Lipinski definition) is 4. The van der Waals surface area contributed by atoms with Gasteiger partial charge in [0.2, 0.25) is 5.91 Å². The van der Waals surface area contributed by atoms with Gasteiger partial charge >= 0.3 is 6.18 Å². The number of hydrogen-bond donors (Lipinski definition) is 1. The first-order valence-corrected chi connectivity index (χ1v) is 11.0. The van der Waals surface area contributed by atoms with Crippen molar-refractivity contribution in [3.8, 4) is 10.6 Å². The fraction of sp³-hybridized carbons (Fsp3) is 0.261. The second-order valence-electron chi connectivity index (χ2n) is 8.00. The van der Waals surface area contributed by atoms with Crippen molar-refractivity contribution >= 4 is 33.1 Å². The Balaban J connectivity index is 1.29. The van der Waals surface area contributed by atoms with E-state index in [2.05, 4.69) is 21.5 Å². The first kappa shape index (κ1) is 20.7. The van der Waals surface area contributed by atoms with Crippen LogP contribution in [0.4, 0.5) is 18.9 Å². The lowest BCUT2D eigenvalue weighted by Gasteiger charge is -2.08. The lowest BCUT2D eigenvalue weighted by atomic mass is 10.2. The fourth-order valence-electron chi connectivity index (χ4n) is 3.59. The molecule has 9 heteroatoms. The van der Waals surface area contributed by atoms with Crippen LogP contribution in [0.3, 0.4) is 0 Å². The number of alkyl halides is 3. The number of benzene rings is 2. The monoisotopic (exact) mass is 456 g/mol. The predicted octanol–water partition coefficient (Wildman–Crippen LogP) is 6.00. The van der Waals surface area contributed by atoms with Crippen molar-refractivity contribution < 1.29 is 18.0 Å². The standard InChI is InChI=1S/C23H19F3N4OS/c1-13-2-9-17-19(10-13)32-22(28-17)15-5-7-16(8-6-15)27-21(31)12-30-18(14-3-4-14)11-20(29-30)23(24,25)26/h2,5-11,14H,3-4,12H2,1H3,(H,27,31). The highest BCUT2D eigenvalue weighted by atomic mass is 32.1. The highest BCUT2D eigenvalue weighted by molar-refractivity contribution is 7.21. The zero-order valence-electron chi connectivity index (χ0n) is 17.1. The summed E-state index contributed by atoms with van der Waals surface area (Å²) >= 11 is 1.60. The van der Waals surface area contributed by atoms with Crippen molar-refractivity contribution in [2.24, 2.45) is 0 Å². The van der Waals surface area contributed by atoms with E-state index in [4.69, 9.17) is 0 Å². The van der Waals surface area contributed by atoms with Crippen molar-refractivity contribution in [3.63, 3.8) is 0 Å². The molecule has 0 radical (unpaired) electrons. The number of aromatic nitrogens is 3. The Labute approximate surface area is 185 Å². The van der Waals surface area contributed by atoms with Gasteiger partial charge in [0.15, 0.2) is 5.69 Å². The number of amides is 1. The number of aryl methyl sites for hydroxylation is 1. The summed E-state index contributed by atoms with van der Waals surface area (Å²) < 4.78 is 41.4. The molecule has 1 N–H and O–H groups in total.